The van der Waals surface area contributed by atoms with Crippen LogP contribution in [0.2, 0.25) is 0 Å². The van der Waals surface area contributed by atoms with E-state index in [0.29, 0.717) is 5.69 Å². The summed E-state index contributed by atoms with van der Waals surface area (Å²) in [5, 5.41) is 3.66. The second-order valence-electron chi connectivity index (χ2n) is 8.33. The van der Waals surface area contributed by atoms with Crippen LogP contribution in [-0.2, 0) is 11.3 Å². The van der Waals surface area contributed by atoms with Gasteiger partial charge in [0.25, 0.3) is 0 Å². The number of nitrogens with zero attached hydrogens (tertiary/aromatic N) is 4. The zero-order chi connectivity index (χ0) is 26.9. The number of piperazine rings is 1. The monoisotopic (exact) mass is 517 g/mol. The van der Waals surface area contributed by atoms with Gasteiger partial charge in [-0.25, -0.2) is 9.18 Å². The number of rotatable bonds is 5. The molecule has 0 saturated carbocycles. The fourth-order valence-corrected chi connectivity index (χ4v) is 4.36. The van der Waals surface area contributed by atoms with Crippen LogP contribution in [-0.4, -0.2) is 59.1 Å². The van der Waals surface area contributed by atoms with Gasteiger partial charge in [0.2, 0.25) is 0 Å². The predicted molar refractivity (Wildman–Crippen MR) is 130 cm³/mol. The molecule has 4 rings (SSSR count). The second-order valence-corrected chi connectivity index (χ2v) is 8.33. The molecule has 1 aliphatic heterocycles. The number of methoxy groups -OCH3 is 1. The highest BCUT2D eigenvalue weighted by atomic mass is 19.4. The van der Waals surface area contributed by atoms with Crippen molar-refractivity contribution in [3.63, 3.8) is 0 Å². The lowest BCUT2D eigenvalue weighted by atomic mass is 10.0. The van der Waals surface area contributed by atoms with Gasteiger partial charge in [-0.1, -0.05) is 24.8 Å². The largest absolute Gasteiger partial charge is 0.464 e. The minimum atomic E-state index is -4.67. The van der Waals surface area contributed by atoms with Crippen LogP contribution in [0.5, 0.6) is 0 Å². The second kappa shape index (κ2) is 10.1. The first-order valence-electron chi connectivity index (χ1n) is 11.1. The van der Waals surface area contributed by atoms with E-state index in [9.17, 15) is 27.2 Å². The lowest BCUT2D eigenvalue weighted by molar-refractivity contribution is -0.106. The van der Waals surface area contributed by atoms with Crippen LogP contribution in [0.4, 0.5) is 17.6 Å². The molecular weight excluding hydrogens is 494 g/mol. The highest BCUT2D eigenvalue weighted by molar-refractivity contribution is 5.95. The number of para-hydroxylation sites is 1. The average molecular weight is 517 g/mol. The molecule has 1 aliphatic rings. The molecule has 0 amide bonds. The molecule has 2 aromatic carbocycles. The third kappa shape index (κ3) is 4.92. The Morgan fingerprint density at radius 2 is 1.86 bits per heavy atom. The van der Waals surface area contributed by atoms with Crippen molar-refractivity contribution < 1.29 is 27.1 Å². The minimum absolute atomic E-state index is 0.0364. The number of esters is 1. The number of alkyl halides is 3. The van der Waals surface area contributed by atoms with Gasteiger partial charge in [0.1, 0.15) is 23.0 Å². The predicted octanol–water partition coefficient (Wildman–Crippen LogP) is 3.38. The summed E-state index contributed by atoms with van der Waals surface area (Å²) in [4.78, 5) is 29.2. The number of fused-ring (bicyclic) bond motifs is 1. The average Bonchev–Trinajstić information content (AvgIpc) is 2.88. The Kier molecular flexibility index (Phi) is 7.03. The van der Waals surface area contributed by atoms with Crippen LogP contribution in [0.25, 0.3) is 16.6 Å². The molecule has 0 spiro atoms. The van der Waals surface area contributed by atoms with E-state index in [1.165, 1.54) is 10.6 Å². The summed E-state index contributed by atoms with van der Waals surface area (Å²) in [5.74, 6) is 3.85. The number of nitrogens with two attached hydrogens (primary N) is 1. The molecule has 1 fully saturated rings. The van der Waals surface area contributed by atoms with E-state index >= 15 is 0 Å². The standard InChI is InChI=1S/C25H23F4N5O3/c1-15(25(27,28)29)33-11-10-32(14-21(33)31-30)13-19-22(24(36)37-2)34(17-6-4-3-5-7-17)20-12-16(26)8-9-18(20)23(19)35/h3-9,12H,1,10-11,13-14,30H2,2H3/b31-21-. The number of aromatic nitrogens is 1. The van der Waals surface area contributed by atoms with Gasteiger partial charge in [0, 0.05) is 36.3 Å². The fourth-order valence-electron chi connectivity index (χ4n) is 4.36. The maximum Gasteiger partial charge on any atom is 0.430 e. The number of pyridine rings is 1. The highest BCUT2D eigenvalue weighted by Gasteiger charge is 2.39. The third-order valence-corrected chi connectivity index (χ3v) is 6.12. The Morgan fingerprint density at radius 3 is 2.49 bits per heavy atom. The Morgan fingerprint density at radius 1 is 1.16 bits per heavy atom. The van der Waals surface area contributed by atoms with Crippen LogP contribution >= 0.6 is 0 Å². The number of carbonyl (C=O) groups excluding carboxylic acids is 1. The summed E-state index contributed by atoms with van der Waals surface area (Å²) >= 11 is 0. The van der Waals surface area contributed by atoms with E-state index in [4.69, 9.17) is 10.6 Å². The molecule has 2 N–H and O–H groups in total. The number of benzene rings is 2. The van der Waals surface area contributed by atoms with Gasteiger partial charge in [0.15, 0.2) is 5.43 Å². The Labute approximate surface area is 208 Å². The van der Waals surface area contributed by atoms with Gasteiger partial charge in [-0.2, -0.15) is 18.3 Å². The van der Waals surface area contributed by atoms with Crippen LogP contribution in [0.1, 0.15) is 16.1 Å². The fraction of sp³-hybridized carbons (Fsp3) is 0.240. The number of amidine groups is 1. The third-order valence-electron chi connectivity index (χ3n) is 6.12. The van der Waals surface area contributed by atoms with Crippen molar-refractivity contribution in [2.75, 3.05) is 26.7 Å². The molecule has 1 aromatic heterocycles. The first-order valence-corrected chi connectivity index (χ1v) is 11.1. The summed E-state index contributed by atoms with van der Waals surface area (Å²) in [7, 11) is 1.16. The molecule has 2 heterocycles. The van der Waals surface area contributed by atoms with Gasteiger partial charge >= 0.3 is 12.1 Å². The SMILES string of the molecule is C=C(N1CCN(Cc2c(C(=O)OC)n(-c3ccccc3)c3cc(F)ccc3c2=O)C/C1=N/N)C(F)(F)F. The molecule has 12 heteroatoms. The molecular formula is C25H23F4N5O3. The number of hydrogen-bond donors (Lipinski definition) is 1. The Balaban J connectivity index is 1.85. The van der Waals surface area contributed by atoms with Crippen molar-refractivity contribution in [3.05, 3.63) is 88.1 Å². The first kappa shape index (κ1) is 25.9. The van der Waals surface area contributed by atoms with Crippen LogP contribution in [0.3, 0.4) is 0 Å². The van der Waals surface area contributed by atoms with Crippen molar-refractivity contribution >= 4 is 22.7 Å². The number of hydrazone groups is 1. The number of ether oxygens (including phenoxy) is 1. The lowest BCUT2D eigenvalue weighted by Crippen LogP contribution is -2.52. The van der Waals surface area contributed by atoms with Crippen molar-refractivity contribution in [1.82, 2.24) is 14.4 Å². The van der Waals surface area contributed by atoms with E-state index in [0.717, 1.165) is 24.1 Å². The molecule has 37 heavy (non-hydrogen) atoms. The van der Waals surface area contributed by atoms with Gasteiger partial charge in [-0.05, 0) is 30.3 Å². The molecule has 0 atom stereocenters. The van der Waals surface area contributed by atoms with Crippen molar-refractivity contribution in [2.24, 2.45) is 10.9 Å². The minimum Gasteiger partial charge on any atom is -0.464 e. The zero-order valence-corrected chi connectivity index (χ0v) is 19.8. The Bertz CT molecular complexity index is 1450. The lowest BCUT2D eigenvalue weighted by Gasteiger charge is -2.38. The summed E-state index contributed by atoms with van der Waals surface area (Å²) < 4.78 is 60.4. The van der Waals surface area contributed by atoms with Gasteiger partial charge in [-0.3, -0.25) is 9.69 Å². The molecule has 0 bridgehead atoms. The summed E-state index contributed by atoms with van der Waals surface area (Å²) in [5.41, 5.74) is -1.08. The molecule has 3 aromatic rings. The topological polar surface area (TPSA) is 93.2 Å². The number of hydrogen-bond acceptors (Lipinski definition) is 6. The molecule has 0 unspecified atom stereocenters. The van der Waals surface area contributed by atoms with E-state index in [2.05, 4.69) is 11.7 Å². The van der Waals surface area contributed by atoms with Crippen LogP contribution < -0.4 is 11.3 Å². The van der Waals surface area contributed by atoms with Gasteiger partial charge < -0.3 is 20.0 Å². The molecule has 0 aliphatic carbocycles. The number of allylic oxidation sites excluding steroid dienone is 1. The van der Waals surface area contributed by atoms with Crippen molar-refractivity contribution in [2.45, 2.75) is 12.7 Å². The van der Waals surface area contributed by atoms with Crippen molar-refractivity contribution in [3.8, 4) is 5.69 Å². The normalized spacial score (nSPS) is 15.8. The van der Waals surface area contributed by atoms with E-state index < -0.39 is 29.1 Å². The quantitative estimate of drug-likeness (QED) is 0.242. The van der Waals surface area contributed by atoms with Crippen LogP contribution in [0, 0.1) is 5.82 Å². The molecule has 8 nitrogen and oxygen atoms in total. The van der Waals surface area contributed by atoms with Crippen LogP contribution in [0.15, 0.2) is 70.7 Å². The smallest absolute Gasteiger partial charge is 0.430 e. The first-order chi connectivity index (χ1) is 17.6. The molecule has 194 valence electrons. The maximum atomic E-state index is 14.3. The van der Waals surface area contributed by atoms with E-state index in [-0.39, 0.29) is 54.2 Å². The highest BCUT2D eigenvalue weighted by Crippen LogP contribution is 2.29. The summed E-state index contributed by atoms with van der Waals surface area (Å²) in [6.45, 7) is 2.78. The van der Waals surface area contributed by atoms with E-state index in [1.807, 2.05) is 0 Å². The summed E-state index contributed by atoms with van der Waals surface area (Å²) in [6.07, 6.45) is -4.67. The van der Waals surface area contributed by atoms with Gasteiger partial charge in [-0.15, -0.1) is 0 Å². The van der Waals surface area contributed by atoms with E-state index in [1.54, 1.807) is 35.2 Å². The number of carbonyl (C=O) groups is 1. The molecule has 1 saturated heterocycles. The number of halogens is 4. The molecule has 0 radical (unpaired) electrons. The Hall–Kier alpha value is -4.19. The van der Waals surface area contributed by atoms with Gasteiger partial charge in [0.05, 0.1) is 19.2 Å². The maximum absolute atomic E-state index is 14.3. The zero-order valence-electron chi connectivity index (χ0n) is 19.8. The van der Waals surface area contributed by atoms with Crippen molar-refractivity contribution in [1.29, 1.82) is 0 Å². The summed E-state index contributed by atoms with van der Waals surface area (Å²) in [6, 6.07) is 12.2.